The zero-order valence-electron chi connectivity index (χ0n) is 11.3. The van der Waals surface area contributed by atoms with Gasteiger partial charge in [0.1, 0.15) is 5.69 Å². The molecule has 0 atom stereocenters. The van der Waals surface area contributed by atoms with Gasteiger partial charge in [-0.3, -0.25) is 9.59 Å². The fraction of sp³-hybridized carbons (Fsp3) is 0.429. The van der Waals surface area contributed by atoms with Crippen LogP contribution in [0.4, 0.5) is 0 Å². The predicted molar refractivity (Wildman–Crippen MR) is 69.3 cm³/mol. The number of rotatable bonds is 4. The smallest absolute Gasteiger partial charge is 0.230 e. The molecular formula is C14H17NO4. The van der Waals surface area contributed by atoms with Gasteiger partial charge in [0.25, 0.3) is 0 Å². The van der Waals surface area contributed by atoms with E-state index >= 15 is 0 Å². The van der Waals surface area contributed by atoms with Crippen molar-refractivity contribution in [1.29, 1.82) is 0 Å². The lowest BCUT2D eigenvalue weighted by Gasteiger charge is -2.12. The monoisotopic (exact) mass is 263 g/mol. The molecule has 19 heavy (non-hydrogen) atoms. The van der Waals surface area contributed by atoms with Crippen molar-refractivity contribution in [1.82, 2.24) is 4.57 Å². The van der Waals surface area contributed by atoms with Crippen molar-refractivity contribution in [2.75, 3.05) is 13.7 Å². The number of ether oxygens (including phenoxy) is 1. The molecule has 1 aliphatic rings. The summed E-state index contributed by atoms with van der Waals surface area (Å²) in [6.07, 6.45) is 2.47. The molecule has 0 bridgehead atoms. The number of hydrogen-bond acceptors (Lipinski definition) is 4. The zero-order chi connectivity index (χ0) is 14.2. The molecule has 1 aliphatic carbocycles. The maximum Gasteiger partial charge on any atom is 0.230 e. The van der Waals surface area contributed by atoms with Gasteiger partial charge in [-0.25, -0.2) is 0 Å². The molecular weight excluding hydrogens is 246 g/mol. The number of Topliss-reactive ketones (excluding diaryl/α,β-unsaturated/α-hetero) is 1. The second-order valence-electron chi connectivity index (χ2n) is 4.59. The first kappa shape index (κ1) is 13.5. The Bertz CT molecular complexity index is 581. The Hall–Kier alpha value is -1.88. The summed E-state index contributed by atoms with van der Waals surface area (Å²) in [6, 6.07) is 0. The van der Waals surface area contributed by atoms with Crippen LogP contribution in [-0.2, 0) is 18.2 Å². The molecule has 5 nitrogen and oxygen atoms in total. The summed E-state index contributed by atoms with van der Waals surface area (Å²) in [7, 11) is 3.16. The van der Waals surface area contributed by atoms with Gasteiger partial charge in [0.2, 0.25) is 11.6 Å². The minimum absolute atomic E-state index is 0.0821. The molecule has 0 fully saturated rings. The first-order chi connectivity index (χ1) is 9.02. The molecule has 1 aromatic rings. The van der Waals surface area contributed by atoms with E-state index in [2.05, 4.69) is 0 Å². The molecule has 0 saturated heterocycles. The summed E-state index contributed by atoms with van der Waals surface area (Å²) < 4.78 is 6.71. The topological polar surface area (TPSA) is 68.5 Å². The normalized spacial score (nSPS) is 14.4. The van der Waals surface area contributed by atoms with Gasteiger partial charge >= 0.3 is 0 Å². The van der Waals surface area contributed by atoms with Crippen LogP contribution in [0.2, 0.25) is 0 Å². The van der Waals surface area contributed by atoms with Gasteiger partial charge < -0.3 is 14.4 Å². The second-order valence-corrected chi connectivity index (χ2v) is 4.59. The molecule has 0 saturated carbocycles. The van der Waals surface area contributed by atoms with Crippen LogP contribution in [0.3, 0.4) is 0 Å². The highest BCUT2D eigenvalue weighted by atomic mass is 16.5. The van der Waals surface area contributed by atoms with Gasteiger partial charge in [-0.2, -0.15) is 0 Å². The summed E-state index contributed by atoms with van der Waals surface area (Å²) in [5.41, 5.74) is 2.55. The van der Waals surface area contributed by atoms with Crippen molar-refractivity contribution >= 4 is 11.6 Å². The quantitative estimate of drug-likeness (QED) is 0.885. The Balaban J connectivity index is 2.57. The Morgan fingerprint density at radius 3 is 2.63 bits per heavy atom. The van der Waals surface area contributed by atoms with Gasteiger partial charge in [-0.1, -0.05) is 0 Å². The van der Waals surface area contributed by atoms with Gasteiger partial charge in [0, 0.05) is 25.4 Å². The number of allylic oxidation sites excluding steroid dienone is 2. The molecule has 0 spiro atoms. The van der Waals surface area contributed by atoms with E-state index < -0.39 is 0 Å². The number of aliphatic hydroxyl groups is 1. The van der Waals surface area contributed by atoms with Crippen LogP contribution >= 0.6 is 0 Å². The van der Waals surface area contributed by atoms with E-state index in [1.54, 1.807) is 11.6 Å². The minimum Gasteiger partial charge on any atom is -0.492 e. The minimum atomic E-state index is -0.250. The lowest BCUT2D eigenvalue weighted by molar-refractivity contribution is 0.0913. The van der Waals surface area contributed by atoms with Gasteiger partial charge in [0.05, 0.1) is 12.7 Å². The summed E-state index contributed by atoms with van der Waals surface area (Å²) in [6.45, 7) is 1.91. The molecule has 1 aromatic heterocycles. The van der Waals surface area contributed by atoms with Crippen molar-refractivity contribution in [3.05, 3.63) is 34.3 Å². The highest BCUT2D eigenvalue weighted by Gasteiger charge is 2.33. The molecule has 102 valence electrons. The van der Waals surface area contributed by atoms with Crippen LogP contribution in [0.25, 0.3) is 0 Å². The lowest BCUT2D eigenvalue weighted by atomic mass is 9.96. The number of carbonyl (C=O) groups excluding carboxylic acids is 2. The maximum absolute atomic E-state index is 12.2. The Labute approximate surface area is 111 Å². The third-order valence-corrected chi connectivity index (χ3v) is 3.52. The molecule has 0 aliphatic heterocycles. The summed E-state index contributed by atoms with van der Waals surface area (Å²) >= 11 is 0. The fourth-order valence-corrected chi connectivity index (χ4v) is 2.57. The maximum atomic E-state index is 12.2. The average Bonchev–Trinajstić information content (AvgIpc) is 2.64. The van der Waals surface area contributed by atoms with Crippen molar-refractivity contribution < 1.29 is 19.4 Å². The van der Waals surface area contributed by atoms with Crippen molar-refractivity contribution in [2.24, 2.45) is 7.05 Å². The molecule has 0 unspecified atom stereocenters. The van der Waals surface area contributed by atoms with E-state index in [0.29, 0.717) is 24.1 Å². The number of aliphatic hydroxyl groups excluding tert-OH is 1. The van der Waals surface area contributed by atoms with Crippen molar-refractivity contribution in [3.63, 3.8) is 0 Å². The highest BCUT2D eigenvalue weighted by Crippen LogP contribution is 2.29. The number of fused-ring (bicyclic) bond motifs is 1. The predicted octanol–water partition coefficient (Wildman–Crippen LogP) is 1.17. The Morgan fingerprint density at radius 1 is 1.37 bits per heavy atom. The van der Waals surface area contributed by atoms with Crippen LogP contribution in [0.1, 0.15) is 38.5 Å². The first-order valence-electron chi connectivity index (χ1n) is 6.16. The largest absolute Gasteiger partial charge is 0.492 e. The molecule has 2 rings (SSSR count). The third kappa shape index (κ3) is 2.00. The number of methoxy groups -OCH3 is 1. The van der Waals surface area contributed by atoms with Crippen LogP contribution < -0.4 is 0 Å². The number of aromatic nitrogens is 1. The van der Waals surface area contributed by atoms with E-state index in [0.717, 1.165) is 11.3 Å². The molecule has 1 N–H and O–H groups in total. The second kappa shape index (κ2) is 5.01. The van der Waals surface area contributed by atoms with Crippen molar-refractivity contribution in [3.8, 4) is 0 Å². The van der Waals surface area contributed by atoms with Crippen LogP contribution in [-0.4, -0.2) is 35.0 Å². The van der Waals surface area contributed by atoms with Crippen LogP contribution in [0.5, 0.6) is 0 Å². The fourth-order valence-electron chi connectivity index (χ4n) is 2.57. The Morgan fingerprint density at radius 2 is 2.05 bits per heavy atom. The number of ketones is 2. The van der Waals surface area contributed by atoms with Crippen LogP contribution in [0.15, 0.2) is 11.8 Å². The third-order valence-electron chi connectivity index (χ3n) is 3.52. The number of nitrogens with zero attached hydrogens (tertiary/aromatic N) is 1. The standard InChI is InChI=1S/C14H17NO4/c1-8-9(5-4-6-16)15(2)13-10(17)7-11(19-3)14(18)12(8)13/h7,16H,4-6H2,1-3H3. The van der Waals surface area contributed by atoms with E-state index in [1.165, 1.54) is 13.2 Å². The molecule has 1 heterocycles. The number of hydrogen-bond donors (Lipinski definition) is 1. The lowest BCUT2D eigenvalue weighted by Crippen LogP contribution is -2.19. The van der Waals surface area contributed by atoms with E-state index in [-0.39, 0.29) is 23.9 Å². The molecule has 0 amide bonds. The first-order valence-corrected chi connectivity index (χ1v) is 6.16. The summed E-state index contributed by atoms with van der Waals surface area (Å²) in [5, 5.41) is 8.92. The van der Waals surface area contributed by atoms with E-state index in [1.807, 2.05) is 6.92 Å². The molecule has 0 radical (unpaired) electrons. The van der Waals surface area contributed by atoms with Crippen LogP contribution in [0, 0.1) is 6.92 Å². The number of carbonyl (C=O) groups is 2. The van der Waals surface area contributed by atoms with Crippen molar-refractivity contribution in [2.45, 2.75) is 19.8 Å². The van der Waals surface area contributed by atoms with E-state index in [4.69, 9.17) is 9.84 Å². The van der Waals surface area contributed by atoms with Gasteiger partial charge in [0.15, 0.2) is 5.76 Å². The Kier molecular flexibility index (Phi) is 3.57. The molecule has 5 heteroatoms. The highest BCUT2D eigenvalue weighted by molar-refractivity contribution is 6.24. The van der Waals surface area contributed by atoms with Gasteiger partial charge in [-0.05, 0) is 25.3 Å². The zero-order valence-corrected chi connectivity index (χ0v) is 11.3. The van der Waals surface area contributed by atoms with E-state index in [9.17, 15) is 9.59 Å². The molecule has 0 aromatic carbocycles. The van der Waals surface area contributed by atoms with Gasteiger partial charge in [-0.15, -0.1) is 0 Å². The average molecular weight is 263 g/mol. The SMILES string of the molecule is COC1=CC(=O)c2c(c(C)c(CCCO)n2C)C1=O. The summed E-state index contributed by atoms with van der Waals surface area (Å²) in [4.78, 5) is 24.3. The summed E-state index contributed by atoms with van der Waals surface area (Å²) in [5.74, 6) is -0.382.